The molecule has 9 heteroatoms. The molecule has 0 aliphatic rings. The van der Waals surface area contributed by atoms with Gasteiger partial charge in [-0.25, -0.2) is 9.78 Å². The van der Waals surface area contributed by atoms with Crippen molar-refractivity contribution in [2.45, 2.75) is 13.3 Å². The summed E-state index contributed by atoms with van der Waals surface area (Å²) >= 11 is 1.10. The van der Waals surface area contributed by atoms with Crippen LogP contribution < -0.4 is 15.4 Å². The number of methoxy groups -OCH3 is 1. The molecule has 1 aromatic heterocycles. The fourth-order valence-corrected chi connectivity index (χ4v) is 2.70. The predicted octanol–water partition coefficient (Wildman–Crippen LogP) is 1.63. The zero-order valence-corrected chi connectivity index (χ0v) is 15.2. The molecule has 2 N–H and O–H groups in total. The van der Waals surface area contributed by atoms with E-state index < -0.39 is 18.5 Å². The van der Waals surface area contributed by atoms with Gasteiger partial charge in [0.15, 0.2) is 17.4 Å². The van der Waals surface area contributed by atoms with Crippen molar-refractivity contribution in [1.82, 2.24) is 10.3 Å². The third kappa shape index (κ3) is 6.17. The lowest BCUT2D eigenvalue weighted by molar-refractivity contribution is -0.124. The first-order valence-electron chi connectivity index (χ1n) is 7.78. The lowest BCUT2D eigenvalue weighted by Gasteiger charge is -2.06. The fraction of sp³-hybridized carbons (Fsp3) is 0.294. The molecule has 138 valence electrons. The Morgan fingerprint density at radius 2 is 1.92 bits per heavy atom. The van der Waals surface area contributed by atoms with Gasteiger partial charge in [-0.05, 0) is 24.1 Å². The first-order valence-corrected chi connectivity index (χ1v) is 8.65. The number of nitrogens with one attached hydrogen (secondary N) is 2. The molecule has 0 bridgehead atoms. The highest BCUT2D eigenvalue weighted by atomic mass is 32.1. The fourth-order valence-electron chi connectivity index (χ4n) is 1.97. The largest absolute Gasteiger partial charge is 0.497 e. The Balaban J connectivity index is 1.69. The molecule has 0 aliphatic heterocycles. The number of ether oxygens (including phenoxy) is 2. The minimum absolute atomic E-state index is 0.0461. The number of amides is 2. The quantitative estimate of drug-likeness (QED) is 0.677. The van der Waals surface area contributed by atoms with E-state index in [-0.39, 0.29) is 11.6 Å². The van der Waals surface area contributed by atoms with Gasteiger partial charge in [-0.3, -0.25) is 9.59 Å². The lowest BCUT2D eigenvalue weighted by atomic mass is 10.1. The minimum atomic E-state index is -0.719. The van der Waals surface area contributed by atoms with Crippen LogP contribution in [0.4, 0.5) is 5.13 Å². The van der Waals surface area contributed by atoms with Crippen molar-refractivity contribution in [3.05, 3.63) is 40.9 Å². The molecule has 26 heavy (non-hydrogen) atoms. The highest BCUT2D eigenvalue weighted by Gasteiger charge is 2.14. The van der Waals surface area contributed by atoms with Crippen molar-refractivity contribution >= 4 is 34.3 Å². The van der Waals surface area contributed by atoms with Crippen LogP contribution in [0.1, 0.15) is 23.0 Å². The van der Waals surface area contributed by atoms with Crippen LogP contribution in [0.25, 0.3) is 0 Å². The predicted molar refractivity (Wildman–Crippen MR) is 96.4 cm³/mol. The standard InChI is InChI=1S/C17H19N3O5S/c1-11(21)19-17-20-14(10-26-17)16(23)25-9-15(22)18-8-7-12-3-5-13(24-2)6-4-12/h3-6,10H,7-9H2,1-2H3,(H,18,22)(H,19,20,21). The molecule has 0 radical (unpaired) electrons. The molecule has 2 rings (SSSR count). The molecule has 2 aromatic rings. The molecular weight excluding hydrogens is 358 g/mol. The van der Waals surface area contributed by atoms with Crippen molar-refractivity contribution in [1.29, 1.82) is 0 Å². The number of thiazole rings is 1. The molecule has 1 heterocycles. The van der Waals surface area contributed by atoms with Crippen LogP contribution in [0.5, 0.6) is 5.75 Å². The van der Waals surface area contributed by atoms with Crippen LogP contribution in [0.15, 0.2) is 29.6 Å². The number of anilines is 1. The number of esters is 1. The Morgan fingerprint density at radius 3 is 2.58 bits per heavy atom. The van der Waals surface area contributed by atoms with Gasteiger partial charge >= 0.3 is 5.97 Å². The van der Waals surface area contributed by atoms with E-state index in [1.165, 1.54) is 12.3 Å². The Morgan fingerprint density at radius 1 is 1.19 bits per heavy atom. The molecular formula is C17H19N3O5S. The molecule has 8 nitrogen and oxygen atoms in total. The van der Waals surface area contributed by atoms with Crippen molar-refractivity contribution < 1.29 is 23.9 Å². The van der Waals surface area contributed by atoms with Crippen LogP contribution >= 0.6 is 11.3 Å². The summed E-state index contributed by atoms with van der Waals surface area (Å²) in [6.07, 6.45) is 0.649. The van der Waals surface area contributed by atoms with Gasteiger partial charge in [0, 0.05) is 18.8 Å². The highest BCUT2D eigenvalue weighted by molar-refractivity contribution is 7.14. The third-order valence-electron chi connectivity index (χ3n) is 3.23. The second kappa shape index (κ2) is 9.52. The van der Waals surface area contributed by atoms with Crippen LogP contribution in [0.2, 0.25) is 0 Å². The van der Waals surface area contributed by atoms with Gasteiger partial charge in [0.25, 0.3) is 5.91 Å². The Hall–Kier alpha value is -2.94. The summed E-state index contributed by atoms with van der Waals surface area (Å²) in [7, 11) is 1.60. The van der Waals surface area contributed by atoms with Gasteiger partial charge in [0.2, 0.25) is 5.91 Å². The molecule has 0 saturated carbocycles. The monoisotopic (exact) mass is 377 g/mol. The summed E-state index contributed by atoms with van der Waals surface area (Å²) in [6.45, 7) is 1.37. The first-order chi connectivity index (χ1) is 12.5. The van der Waals surface area contributed by atoms with Gasteiger partial charge < -0.3 is 20.1 Å². The second-order valence-electron chi connectivity index (χ2n) is 5.24. The average molecular weight is 377 g/mol. The number of carbonyl (C=O) groups excluding carboxylic acids is 3. The molecule has 0 atom stereocenters. The maximum Gasteiger partial charge on any atom is 0.358 e. The Kier molecular flexibility index (Phi) is 7.10. The molecule has 0 saturated heterocycles. The third-order valence-corrected chi connectivity index (χ3v) is 3.98. The van der Waals surface area contributed by atoms with Crippen LogP contribution in [-0.4, -0.2) is 43.0 Å². The zero-order valence-electron chi connectivity index (χ0n) is 14.4. The molecule has 0 unspecified atom stereocenters. The number of nitrogens with zero attached hydrogens (tertiary/aromatic N) is 1. The minimum Gasteiger partial charge on any atom is -0.497 e. The van der Waals surface area contributed by atoms with E-state index in [0.29, 0.717) is 18.1 Å². The number of rotatable bonds is 8. The number of benzene rings is 1. The van der Waals surface area contributed by atoms with Crippen molar-refractivity contribution in [3.8, 4) is 5.75 Å². The maximum absolute atomic E-state index is 11.8. The van der Waals surface area contributed by atoms with Gasteiger partial charge in [-0.15, -0.1) is 11.3 Å². The smallest absolute Gasteiger partial charge is 0.358 e. The van der Waals surface area contributed by atoms with E-state index in [2.05, 4.69) is 15.6 Å². The van der Waals surface area contributed by atoms with Crippen molar-refractivity contribution in [3.63, 3.8) is 0 Å². The summed E-state index contributed by atoms with van der Waals surface area (Å²) in [5, 5.41) is 6.90. The number of hydrogen-bond acceptors (Lipinski definition) is 7. The SMILES string of the molecule is COc1ccc(CCNC(=O)COC(=O)c2csc(NC(C)=O)n2)cc1. The summed E-state index contributed by atoms with van der Waals surface area (Å²) in [4.78, 5) is 38.4. The lowest BCUT2D eigenvalue weighted by Crippen LogP contribution is -2.30. The second-order valence-corrected chi connectivity index (χ2v) is 6.10. The van der Waals surface area contributed by atoms with Gasteiger partial charge in [-0.2, -0.15) is 0 Å². The topological polar surface area (TPSA) is 107 Å². The number of carbonyl (C=O) groups is 3. The molecule has 0 aliphatic carbocycles. The summed E-state index contributed by atoms with van der Waals surface area (Å²) in [6, 6.07) is 7.53. The maximum atomic E-state index is 11.8. The average Bonchev–Trinajstić information content (AvgIpc) is 3.08. The highest BCUT2D eigenvalue weighted by Crippen LogP contribution is 2.16. The summed E-state index contributed by atoms with van der Waals surface area (Å²) < 4.78 is 9.99. The van der Waals surface area contributed by atoms with Crippen LogP contribution in [0.3, 0.4) is 0 Å². The van der Waals surface area contributed by atoms with E-state index in [1.807, 2.05) is 24.3 Å². The van der Waals surface area contributed by atoms with E-state index in [4.69, 9.17) is 9.47 Å². The molecule has 2 amide bonds. The van der Waals surface area contributed by atoms with E-state index >= 15 is 0 Å². The van der Waals surface area contributed by atoms with Gasteiger partial charge in [0.1, 0.15) is 5.75 Å². The van der Waals surface area contributed by atoms with Crippen LogP contribution in [-0.2, 0) is 20.7 Å². The van der Waals surface area contributed by atoms with Gasteiger partial charge in [-0.1, -0.05) is 12.1 Å². The molecule has 0 spiro atoms. The first kappa shape index (κ1) is 19.4. The van der Waals surface area contributed by atoms with E-state index in [0.717, 1.165) is 22.6 Å². The molecule has 0 fully saturated rings. The van der Waals surface area contributed by atoms with E-state index in [9.17, 15) is 14.4 Å². The van der Waals surface area contributed by atoms with Crippen LogP contribution in [0, 0.1) is 0 Å². The molecule has 1 aromatic carbocycles. The van der Waals surface area contributed by atoms with E-state index in [1.54, 1.807) is 7.11 Å². The Bertz CT molecular complexity index is 773. The number of hydrogen-bond donors (Lipinski definition) is 2. The van der Waals surface area contributed by atoms with Crippen molar-refractivity contribution in [2.24, 2.45) is 0 Å². The normalized spacial score (nSPS) is 10.1. The Labute approximate surface area is 154 Å². The van der Waals surface area contributed by atoms with Gasteiger partial charge in [0.05, 0.1) is 7.11 Å². The summed E-state index contributed by atoms with van der Waals surface area (Å²) in [5.74, 6) is -0.628. The number of aromatic nitrogens is 1. The van der Waals surface area contributed by atoms with Crippen molar-refractivity contribution in [2.75, 3.05) is 25.6 Å². The summed E-state index contributed by atoms with van der Waals surface area (Å²) in [5.41, 5.74) is 1.10. The zero-order chi connectivity index (χ0) is 18.9.